The molecular formula is C19H34ClNO. The van der Waals surface area contributed by atoms with Crippen LogP contribution in [0.15, 0.2) is 12.1 Å². The highest BCUT2D eigenvalue weighted by Gasteiger charge is 2.26. The smallest absolute Gasteiger partial charge is 0.124 e. The lowest BCUT2D eigenvalue weighted by molar-refractivity contribution is 0.429. The normalized spacial score (nSPS) is 13.6. The van der Waals surface area contributed by atoms with E-state index in [0.29, 0.717) is 5.75 Å². The molecule has 0 radical (unpaired) electrons. The molecule has 1 aromatic carbocycles. The molecule has 22 heavy (non-hydrogen) atoms. The van der Waals surface area contributed by atoms with Crippen LogP contribution in [0.3, 0.4) is 0 Å². The molecule has 3 N–H and O–H groups in total. The van der Waals surface area contributed by atoms with Gasteiger partial charge in [-0.15, -0.1) is 12.4 Å². The Kier molecular flexibility index (Phi) is 7.44. The van der Waals surface area contributed by atoms with Crippen molar-refractivity contribution in [2.24, 2.45) is 5.73 Å². The summed E-state index contributed by atoms with van der Waals surface area (Å²) in [5.74, 6) is 0.388. The lowest BCUT2D eigenvalue weighted by atomic mass is 9.78. The Morgan fingerprint density at radius 2 is 1.59 bits per heavy atom. The minimum absolute atomic E-state index is 0. The molecular weight excluding hydrogens is 294 g/mol. The molecule has 0 aliphatic heterocycles. The molecule has 128 valence electrons. The zero-order valence-corrected chi connectivity index (χ0v) is 16.1. The number of halogens is 1. The Bertz CT molecular complexity index is 483. The molecule has 0 saturated carbocycles. The third kappa shape index (κ3) is 5.17. The first-order valence-corrected chi connectivity index (χ1v) is 8.12. The van der Waals surface area contributed by atoms with E-state index in [1.807, 2.05) is 0 Å². The molecule has 3 heteroatoms. The summed E-state index contributed by atoms with van der Waals surface area (Å²) in [6.07, 6.45) is 3.13. The predicted molar refractivity (Wildman–Crippen MR) is 99.2 cm³/mol. The van der Waals surface area contributed by atoms with E-state index in [-0.39, 0.29) is 29.3 Å². The van der Waals surface area contributed by atoms with Gasteiger partial charge < -0.3 is 10.8 Å². The standard InChI is InChI=1S/C19H33NO.ClH/c1-8-9-10-16(20)14-11-13(18(2,3)4)12-15(17(14)21)19(5,6)7;/h11-12,16,21H,8-10,20H2,1-7H3;1H/t16-;/m0./s1. The van der Waals surface area contributed by atoms with Crippen LogP contribution in [-0.4, -0.2) is 5.11 Å². The quantitative estimate of drug-likeness (QED) is 0.756. The van der Waals surface area contributed by atoms with Gasteiger partial charge in [0.2, 0.25) is 0 Å². The first-order chi connectivity index (χ1) is 9.48. The van der Waals surface area contributed by atoms with Crippen LogP contribution in [0, 0.1) is 0 Å². The van der Waals surface area contributed by atoms with Crippen molar-refractivity contribution in [2.75, 3.05) is 0 Å². The van der Waals surface area contributed by atoms with E-state index in [2.05, 4.69) is 60.6 Å². The van der Waals surface area contributed by atoms with Crippen molar-refractivity contribution in [3.63, 3.8) is 0 Å². The SMILES string of the molecule is CCCC[C@H](N)c1cc(C(C)(C)C)cc(C(C)(C)C)c1O.Cl. The zero-order chi connectivity index (χ0) is 16.4. The summed E-state index contributed by atoms with van der Waals surface area (Å²) >= 11 is 0. The van der Waals surface area contributed by atoms with E-state index in [9.17, 15) is 5.11 Å². The number of phenols is 1. The average molecular weight is 328 g/mol. The lowest BCUT2D eigenvalue weighted by Crippen LogP contribution is -2.20. The number of aromatic hydroxyl groups is 1. The largest absolute Gasteiger partial charge is 0.507 e. The van der Waals surface area contributed by atoms with Gasteiger partial charge in [0.25, 0.3) is 0 Å². The number of rotatable bonds is 4. The Morgan fingerprint density at radius 3 is 2.00 bits per heavy atom. The molecule has 0 aliphatic carbocycles. The Balaban J connectivity index is 0.00000441. The van der Waals surface area contributed by atoms with E-state index in [1.165, 1.54) is 5.56 Å². The summed E-state index contributed by atoms with van der Waals surface area (Å²) in [5, 5.41) is 10.7. The molecule has 0 spiro atoms. The van der Waals surface area contributed by atoms with Crippen LogP contribution < -0.4 is 5.73 Å². The van der Waals surface area contributed by atoms with Crippen LogP contribution in [0.4, 0.5) is 0 Å². The average Bonchev–Trinajstić information content (AvgIpc) is 2.33. The van der Waals surface area contributed by atoms with Gasteiger partial charge in [0.1, 0.15) is 5.75 Å². The first kappa shape index (κ1) is 21.3. The monoisotopic (exact) mass is 327 g/mol. The summed E-state index contributed by atoms with van der Waals surface area (Å²) in [6, 6.07) is 4.16. The van der Waals surface area contributed by atoms with Crippen LogP contribution in [0.5, 0.6) is 5.75 Å². The third-order valence-electron chi connectivity index (χ3n) is 4.08. The second kappa shape index (κ2) is 7.70. The number of hydrogen-bond acceptors (Lipinski definition) is 2. The topological polar surface area (TPSA) is 46.2 Å². The summed E-state index contributed by atoms with van der Waals surface area (Å²) in [4.78, 5) is 0. The fourth-order valence-electron chi connectivity index (χ4n) is 2.52. The van der Waals surface area contributed by atoms with Crippen LogP contribution >= 0.6 is 12.4 Å². The number of hydrogen-bond donors (Lipinski definition) is 2. The van der Waals surface area contributed by atoms with Gasteiger partial charge in [-0.3, -0.25) is 0 Å². The summed E-state index contributed by atoms with van der Waals surface area (Å²) in [6.45, 7) is 15.2. The molecule has 0 fully saturated rings. The number of benzene rings is 1. The number of unbranched alkanes of at least 4 members (excludes halogenated alkanes) is 1. The fourth-order valence-corrected chi connectivity index (χ4v) is 2.52. The highest BCUT2D eigenvalue weighted by atomic mass is 35.5. The minimum Gasteiger partial charge on any atom is -0.507 e. The molecule has 0 unspecified atom stereocenters. The molecule has 1 atom stereocenters. The zero-order valence-electron chi connectivity index (χ0n) is 15.3. The maximum absolute atomic E-state index is 10.7. The molecule has 0 amide bonds. The number of nitrogens with two attached hydrogens (primary N) is 1. The molecule has 0 heterocycles. The fraction of sp³-hybridized carbons (Fsp3) is 0.684. The van der Waals surface area contributed by atoms with Crippen molar-refractivity contribution in [1.82, 2.24) is 0 Å². The highest BCUT2D eigenvalue weighted by Crippen LogP contribution is 2.40. The summed E-state index contributed by atoms with van der Waals surface area (Å²) in [7, 11) is 0. The summed E-state index contributed by atoms with van der Waals surface area (Å²) in [5.41, 5.74) is 9.45. The maximum atomic E-state index is 10.7. The molecule has 1 aromatic rings. The lowest BCUT2D eigenvalue weighted by Gasteiger charge is -2.29. The van der Waals surface area contributed by atoms with Crippen molar-refractivity contribution in [1.29, 1.82) is 0 Å². The maximum Gasteiger partial charge on any atom is 0.124 e. The highest BCUT2D eigenvalue weighted by molar-refractivity contribution is 5.85. The molecule has 0 saturated heterocycles. The van der Waals surface area contributed by atoms with Gasteiger partial charge in [0.05, 0.1) is 0 Å². The van der Waals surface area contributed by atoms with Crippen molar-refractivity contribution >= 4 is 12.4 Å². The van der Waals surface area contributed by atoms with E-state index in [1.54, 1.807) is 0 Å². The van der Waals surface area contributed by atoms with Crippen LogP contribution in [-0.2, 0) is 10.8 Å². The molecule has 0 bridgehead atoms. The van der Waals surface area contributed by atoms with E-state index in [0.717, 1.165) is 30.4 Å². The third-order valence-corrected chi connectivity index (χ3v) is 4.08. The van der Waals surface area contributed by atoms with Gasteiger partial charge in [-0.2, -0.15) is 0 Å². The van der Waals surface area contributed by atoms with Crippen molar-refractivity contribution in [2.45, 2.75) is 84.6 Å². The molecule has 0 aliphatic rings. The van der Waals surface area contributed by atoms with Crippen molar-refractivity contribution < 1.29 is 5.11 Å². The van der Waals surface area contributed by atoms with Gasteiger partial charge in [-0.1, -0.05) is 67.4 Å². The van der Waals surface area contributed by atoms with Gasteiger partial charge in [-0.25, -0.2) is 0 Å². The van der Waals surface area contributed by atoms with Crippen molar-refractivity contribution in [3.8, 4) is 5.75 Å². The second-order valence-corrected chi connectivity index (χ2v) is 8.21. The minimum atomic E-state index is -0.0927. The molecule has 1 rings (SSSR count). The Labute approximate surface area is 142 Å². The summed E-state index contributed by atoms with van der Waals surface area (Å²) < 4.78 is 0. The van der Waals surface area contributed by atoms with Gasteiger partial charge in [0, 0.05) is 11.6 Å². The Hall–Kier alpha value is -0.730. The predicted octanol–water partition coefficient (Wildman–Crippen LogP) is 5.60. The van der Waals surface area contributed by atoms with Crippen LogP contribution in [0.1, 0.15) is 90.5 Å². The van der Waals surface area contributed by atoms with Crippen LogP contribution in [0.25, 0.3) is 0 Å². The number of phenolic OH excluding ortho intramolecular Hbond substituents is 1. The second-order valence-electron chi connectivity index (χ2n) is 8.21. The van der Waals surface area contributed by atoms with E-state index in [4.69, 9.17) is 5.73 Å². The van der Waals surface area contributed by atoms with Crippen molar-refractivity contribution in [3.05, 3.63) is 28.8 Å². The van der Waals surface area contributed by atoms with Gasteiger partial charge >= 0.3 is 0 Å². The first-order valence-electron chi connectivity index (χ1n) is 8.12. The molecule has 2 nitrogen and oxygen atoms in total. The van der Waals surface area contributed by atoms with Crippen LogP contribution in [0.2, 0.25) is 0 Å². The Morgan fingerprint density at radius 1 is 1.05 bits per heavy atom. The van der Waals surface area contributed by atoms with E-state index < -0.39 is 0 Å². The van der Waals surface area contributed by atoms with Gasteiger partial charge in [0.15, 0.2) is 0 Å². The van der Waals surface area contributed by atoms with E-state index >= 15 is 0 Å². The van der Waals surface area contributed by atoms with Gasteiger partial charge in [-0.05, 0) is 34.4 Å². The molecule has 0 aromatic heterocycles.